The summed E-state index contributed by atoms with van der Waals surface area (Å²) in [5.41, 5.74) is -1.12. The third-order valence-electron chi connectivity index (χ3n) is 2.37. The van der Waals surface area contributed by atoms with Crippen molar-refractivity contribution in [2.45, 2.75) is 0 Å². The number of carbonyl (C=O) groups is 1. The number of ketones is 1. The fourth-order valence-corrected chi connectivity index (χ4v) is 1.86. The maximum absolute atomic E-state index is 13.6. The number of hydrogen-bond donors (Lipinski definition) is 0. The van der Waals surface area contributed by atoms with Crippen molar-refractivity contribution in [1.82, 2.24) is 0 Å². The monoisotopic (exact) mass is 314 g/mol. The van der Waals surface area contributed by atoms with Gasteiger partial charge in [-0.05, 0) is 30.3 Å². The molecule has 0 saturated carbocycles. The van der Waals surface area contributed by atoms with E-state index in [4.69, 9.17) is 0 Å². The van der Waals surface area contributed by atoms with Crippen LogP contribution in [0.1, 0.15) is 15.9 Å². The van der Waals surface area contributed by atoms with Gasteiger partial charge in [0, 0.05) is 4.47 Å². The number of halogens is 4. The van der Waals surface area contributed by atoms with Gasteiger partial charge in [-0.1, -0.05) is 22.0 Å². The van der Waals surface area contributed by atoms with Gasteiger partial charge in [-0.2, -0.15) is 0 Å². The maximum Gasteiger partial charge on any atom is 0.201 e. The SMILES string of the molecule is O=C(c1ccc(Br)cc1F)c1c(F)cccc1F. The highest BCUT2D eigenvalue weighted by molar-refractivity contribution is 9.10. The van der Waals surface area contributed by atoms with Crippen molar-refractivity contribution < 1.29 is 18.0 Å². The van der Waals surface area contributed by atoms with Crippen LogP contribution in [0.3, 0.4) is 0 Å². The first-order valence-electron chi connectivity index (χ1n) is 4.94. The van der Waals surface area contributed by atoms with Crippen molar-refractivity contribution in [3.05, 3.63) is 69.4 Å². The maximum atomic E-state index is 13.6. The Labute approximate surface area is 109 Å². The molecule has 2 aromatic rings. The first-order chi connectivity index (χ1) is 8.50. The summed E-state index contributed by atoms with van der Waals surface area (Å²) >= 11 is 3.03. The standard InChI is InChI=1S/C13H6BrF3O/c14-7-4-5-8(11(17)6-7)13(18)12-9(15)2-1-3-10(12)16/h1-6H. The molecule has 5 heteroatoms. The van der Waals surface area contributed by atoms with E-state index in [1.54, 1.807) is 0 Å². The predicted octanol–water partition coefficient (Wildman–Crippen LogP) is 4.10. The Morgan fingerprint density at radius 1 is 0.944 bits per heavy atom. The summed E-state index contributed by atoms with van der Waals surface area (Å²) in [5, 5.41) is 0. The Hall–Kier alpha value is -1.62. The lowest BCUT2D eigenvalue weighted by atomic mass is 10.0. The van der Waals surface area contributed by atoms with Crippen molar-refractivity contribution in [3.63, 3.8) is 0 Å². The molecule has 0 N–H and O–H groups in total. The first kappa shape index (κ1) is 12.8. The van der Waals surface area contributed by atoms with E-state index >= 15 is 0 Å². The summed E-state index contributed by atoms with van der Waals surface area (Å²) in [6.45, 7) is 0. The van der Waals surface area contributed by atoms with Gasteiger partial charge in [0.15, 0.2) is 0 Å². The lowest BCUT2D eigenvalue weighted by molar-refractivity contribution is 0.102. The van der Waals surface area contributed by atoms with Crippen LogP contribution in [0.25, 0.3) is 0 Å². The second-order valence-corrected chi connectivity index (χ2v) is 4.47. The molecule has 2 rings (SSSR count). The normalized spacial score (nSPS) is 10.4. The quantitative estimate of drug-likeness (QED) is 0.763. The molecule has 0 aliphatic carbocycles. The molecule has 0 amide bonds. The lowest BCUT2D eigenvalue weighted by Crippen LogP contribution is -2.09. The van der Waals surface area contributed by atoms with Crippen LogP contribution in [0.2, 0.25) is 0 Å². The third kappa shape index (κ3) is 2.31. The summed E-state index contributed by atoms with van der Waals surface area (Å²) in [7, 11) is 0. The molecule has 0 atom stereocenters. The molecule has 0 aliphatic rings. The minimum absolute atomic E-state index is 0.373. The molecule has 0 aromatic heterocycles. The van der Waals surface area contributed by atoms with Gasteiger partial charge in [-0.25, -0.2) is 13.2 Å². The van der Waals surface area contributed by atoms with Gasteiger partial charge < -0.3 is 0 Å². The van der Waals surface area contributed by atoms with Gasteiger partial charge in [-0.15, -0.1) is 0 Å². The molecule has 0 fully saturated rings. The van der Waals surface area contributed by atoms with Gasteiger partial charge in [-0.3, -0.25) is 4.79 Å². The highest BCUT2D eigenvalue weighted by Gasteiger charge is 2.21. The van der Waals surface area contributed by atoms with E-state index in [1.165, 1.54) is 12.1 Å². The van der Waals surface area contributed by atoms with Crippen molar-refractivity contribution in [2.75, 3.05) is 0 Å². The molecule has 0 heterocycles. The van der Waals surface area contributed by atoms with Crippen molar-refractivity contribution in [3.8, 4) is 0 Å². The van der Waals surface area contributed by atoms with Gasteiger partial charge in [0.05, 0.1) is 11.1 Å². The molecule has 0 aliphatic heterocycles. The first-order valence-corrected chi connectivity index (χ1v) is 5.74. The Balaban J connectivity index is 2.55. The summed E-state index contributed by atoms with van der Waals surface area (Å²) < 4.78 is 40.8. The van der Waals surface area contributed by atoms with Crippen molar-refractivity contribution in [1.29, 1.82) is 0 Å². The summed E-state index contributed by atoms with van der Waals surface area (Å²) in [6.07, 6.45) is 0. The zero-order chi connectivity index (χ0) is 13.3. The molecule has 0 radical (unpaired) electrons. The summed E-state index contributed by atoms with van der Waals surface area (Å²) in [5.74, 6) is -3.88. The van der Waals surface area contributed by atoms with Crippen LogP contribution in [-0.4, -0.2) is 5.78 Å². The number of carbonyl (C=O) groups excluding carboxylic acids is 1. The second kappa shape index (κ2) is 4.94. The Bertz CT molecular complexity index is 605. The molecule has 0 bridgehead atoms. The van der Waals surface area contributed by atoms with Crippen LogP contribution in [0.5, 0.6) is 0 Å². The molecule has 2 aromatic carbocycles. The average Bonchev–Trinajstić information content (AvgIpc) is 2.28. The number of rotatable bonds is 2. The largest absolute Gasteiger partial charge is 0.288 e. The van der Waals surface area contributed by atoms with E-state index in [1.807, 2.05) is 0 Å². The average molecular weight is 315 g/mol. The molecule has 0 unspecified atom stereocenters. The minimum atomic E-state index is -1.02. The Morgan fingerprint density at radius 3 is 2.11 bits per heavy atom. The summed E-state index contributed by atoms with van der Waals surface area (Å²) in [4.78, 5) is 11.9. The van der Waals surface area contributed by atoms with Gasteiger partial charge in [0.1, 0.15) is 17.5 Å². The lowest BCUT2D eigenvalue weighted by Gasteiger charge is -2.05. The van der Waals surface area contributed by atoms with Gasteiger partial charge in [0.2, 0.25) is 5.78 Å². The van der Waals surface area contributed by atoms with Crippen molar-refractivity contribution in [2.24, 2.45) is 0 Å². The van der Waals surface area contributed by atoms with E-state index in [0.717, 1.165) is 24.3 Å². The van der Waals surface area contributed by atoms with E-state index in [0.29, 0.717) is 4.47 Å². The Kier molecular flexibility index (Phi) is 3.52. The van der Waals surface area contributed by atoms with Crippen molar-refractivity contribution >= 4 is 21.7 Å². The smallest absolute Gasteiger partial charge is 0.201 e. The highest BCUT2D eigenvalue weighted by Crippen LogP contribution is 2.21. The van der Waals surface area contributed by atoms with Crippen LogP contribution < -0.4 is 0 Å². The van der Waals surface area contributed by atoms with Crippen LogP contribution in [-0.2, 0) is 0 Å². The zero-order valence-electron chi connectivity index (χ0n) is 8.88. The predicted molar refractivity (Wildman–Crippen MR) is 63.9 cm³/mol. The van der Waals surface area contributed by atoms with E-state index in [9.17, 15) is 18.0 Å². The van der Waals surface area contributed by atoms with Crippen LogP contribution in [0, 0.1) is 17.5 Å². The fourth-order valence-electron chi connectivity index (χ4n) is 1.52. The van der Waals surface area contributed by atoms with Crippen LogP contribution in [0.15, 0.2) is 40.9 Å². The molecule has 1 nitrogen and oxygen atoms in total. The number of hydrogen-bond acceptors (Lipinski definition) is 1. The van der Waals surface area contributed by atoms with Crippen LogP contribution in [0.4, 0.5) is 13.2 Å². The molecular formula is C13H6BrF3O. The van der Waals surface area contributed by atoms with Gasteiger partial charge in [0.25, 0.3) is 0 Å². The van der Waals surface area contributed by atoms with Gasteiger partial charge >= 0.3 is 0 Å². The third-order valence-corrected chi connectivity index (χ3v) is 2.86. The van der Waals surface area contributed by atoms with E-state index in [2.05, 4.69) is 15.9 Å². The van der Waals surface area contributed by atoms with Crippen LogP contribution >= 0.6 is 15.9 Å². The summed E-state index contributed by atoms with van der Waals surface area (Å²) in [6, 6.07) is 6.70. The van der Waals surface area contributed by atoms with E-state index in [-0.39, 0.29) is 5.56 Å². The molecule has 18 heavy (non-hydrogen) atoms. The molecular weight excluding hydrogens is 309 g/mol. The zero-order valence-corrected chi connectivity index (χ0v) is 10.5. The minimum Gasteiger partial charge on any atom is -0.288 e. The highest BCUT2D eigenvalue weighted by atomic mass is 79.9. The molecule has 0 saturated heterocycles. The Morgan fingerprint density at radius 2 is 1.56 bits per heavy atom. The topological polar surface area (TPSA) is 17.1 Å². The van der Waals surface area contributed by atoms with E-state index < -0.39 is 28.8 Å². The molecule has 92 valence electrons. The second-order valence-electron chi connectivity index (χ2n) is 3.55. The molecule has 0 spiro atoms. The number of benzene rings is 2. The fraction of sp³-hybridized carbons (Fsp3) is 0.